The lowest BCUT2D eigenvalue weighted by Crippen LogP contribution is -2.48. The maximum absolute atomic E-state index is 13.1. The minimum absolute atomic E-state index is 0.133. The molecule has 3 aliphatic rings. The number of nitrogens with one attached hydrogen (secondary N) is 1. The Balaban J connectivity index is 1.20. The maximum atomic E-state index is 13.1. The van der Waals surface area contributed by atoms with Gasteiger partial charge in [-0.3, -0.25) is 24.0 Å². The number of hydrogen-bond acceptors (Lipinski definition) is 5. The fourth-order valence-corrected chi connectivity index (χ4v) is 5.08. The van der Waals surface area contributed by atoms with Crippen molar-refractivity contribution in [3.63, 3.8) is 0 Å². The van der Waals surface area contributed by atoms with Crippen molar-refractivity contribution in [2.75, 3.05) is 44.6 Å². The standard InChI is InChI=1S/C27H36N6O3/c1-19-8-10-32(11-9-19)27(36)24-23(18-30(2)29-24)28-25(34)22-5-3-4-20(16-22)17-31-12-14-33(15-13-31)26(35)21-6-7-21/h3-5,16,18-19,21H,6-15,17H2,1-2H3,(H,28,34). The number of carbonyl (C=O) groups is 3. The van der Waals surface area contributed by atoms with Gasteiger partial charge in [-0.1, -0.05) is 19.1 Å². The number of aromatic nitrogens is 2. The summed E-state index contributed by atoms with van der Waals surface area (Å²) in [4.78, 5) is 44.7. The van der Waals surface area contributed by atoms with Crippen molar-refractivity contribution in [3.8, 4) is 0 Å². The third kappa shape index (κ3) is 5.61. The van der Waals surface area contributed by atoms with Crippen molar-refractivity contribution in [2.24, 2.45) is 18.9 Å². The zero-order chi connectivity index (χ0) is 25.2. The molecule has 0 unspecified atom stereocenters. The molecule has 9 heteroatoms. The van der Waals surface area contributed by atoms with Crippen LogP contribution < -0.4 is 5.32 Å². The van der Waals surface area contributed by atoms with E-state index in [1.807, 2.05) is 28.0 Å². The number of anilines is 1. The van der Waals surface area contributed by atoms with E-state index < -0.39 is 0 Å². The summed E-state index contributed by atoms with van der Waals surface area (Å²) in [6, 6.07) is 7.60. The van der Waals surface area contributed by atoms with Crippen molar-refractivity contribution < 1.29 is 14.4 Å². The second kappa shape index (κ2) is 10.4. The zero-order valence-electron chi connectivity index (χ0n) is 21.3. The van der Waals surface area contributed by atoms with Crippen LogP contribution in [0.5, 0.6) is 0 Å². The van der Waals surface area contributed by atoms with Crippen LogP contribution >= 0.6 is 0 Å². The van der Waals surface area contributed by atoms with Gasteiger partial charge in [0.1, 0.15) is 0 Å². The highest BCUT2D eigenvalue weighted by Crippen LogP contribution is 2.31. The Kier molecular flexibility index (Phi) is 7.09. The number of rotatable bonds is 6. The molecule has 2 aliphatic heterocycles. The molecule has 5 rings (SSSR count). The van der Waals surface area contributed by atoms with Crippen LogP contribution in [0.3, 0.4) is 0 Å². The average Bonchev–Trinajstić information content (AvgIpc) is 3.67. The molecule has 1 saturated carbocycles. The zero-order valence-corrected chi connectivity index (χ0v) is 21.3. The molecular weight excluding hydrogens is 456 g/mol. The van der Waals surface area contributed by atoms with Gasteiger partial charge >= 0.3 is 0 Å². The fourth-order valence-electron chi connectivity index (χ4n) is 5.08. The predicted molar refractivity (Wildman–Crippen MR) is 136 cm³/mol. The third-order valence-corrected chi connectivity index (χ3v) is 7.56. The van der Waals surface area contributed by atoms with Crippen molar-refractivity contribution >= 4 is 23.4 Å². The van der Waals surface area contributed by atoms with Gasteiger partial charge in [-0.15, -0.1) is 0 Å². The second-order valence-electron chi connectivity index (χ2n) is 10.6. The van der Waals surface area contributed by atoms with Crippen molar-refractivity contribution in [2.45, 2.75) is 39.2 Å². The first-order valence-corrected chi connectivity index (χ1v) is 13.1. The monoisotopic (exact) mass is 492 g/mol. The summed E-state index contributed by atoms with van der Waals surface area (Å²) in [7, 11) is 1.75. The highest BCUT2D eigenvalue weighted by molar-refractivity contribution is 6.08. The van der Waals surface area contributed by atoms with Crippen molar-refractivity contribution in [3.05, 3.63) is 47.3 Å². The van der Waals surface area contributed by atoms with Crippen LogP contribution in [0.1, 0.15) is 59.0 Å². The molecule has 3 fully saturated rings. The molecule has 36 heavy (non-hydrogen) atoms. The molecule has 9 nitrogen and oxygen atoms in total. The number of piperidine rings is 1. The lowest BCUT2D eigenvalue weighted by atomic mass is 9.99. The Labute approximate surface area is 212 Å². The largest absolute Gasteiger partial charge is 0.340 e. The van der Waals surface area contributed by atoms with Crippen LogP contribution in [0.2, 0.25) is 0 Å². The van der Waals surface area contributed by atoms with Crippen molar-refractivity contribution in [1.82, 2.24) is 24.5 Å². The summed E-state index contributed by atoms with van der Waals surface area (Å²) >= 11 is 0. The summed E-state index contributed by atoms with van der Waals surface area (Å²) in [6.07, 6.45) is 5.74. The van der Waals surface area contributed by atoms with Crippen molar-refractivity contribution in [1.29, 1.82) is 0 Å². The first kappa shape index (κ1) is 24.5. The van der Waals surface area contributed by atoms with E-state index in [0.717, 1.165) is 77.1 Å². The van der Waals surface area contributed by atoms with Crippen LogP contribution in [0, 0.1) is 11.8 Å². The van der Waals surface area contributed by atoms with E-state index in [9.17, 15) is 14.4 Å². The average molecular weight is 493 g/mol. The van der Waals surface area contributed by atoms with Gasteiger partial charge in [0, 0.05) is 70.5 Å². The molecule has 3 amide bonds. The molecule has 1 aromatic carbocycles. The Morgan fingerprint density at radius 2 is 1.69 bits per heavy atom. The number of amides is 3. The molecule has 3 heterocycles. The summed E-state index contributed by atoms with van der Waals surface area (Å²) < 4.78 is 1.57. The number of nitrogens with zero attached hydrogens (tertiary/aromatic N) is 5. The third-order valence-electron chi connectivity index (χ3n) is 7.56. The minimum atomic E-state index is -0.258. The smallest absolute Gasteiger partial charge is 0.276 e. The van der Waals surface area contributed by atoms with Crippen LogP contribution in [-0.2, 0) is 18.4 Å². The van der Waals surface area contributed by atoms with Crippen LogP contribution in [-0.4, -0.2) is 81.5 Å². The Hall–Kier alpha value is -3.20. The van der Waals surface area contributed by atoms with Gasteiger partial charge in [0.25, 0.3) is 11.8 Å². The molecule has 1 aromatic heterocycles. The van der Waals surface area contributed by atoms with E-state index in [-0.39, 0.29) is 23.4 Å². The molecule has 2 saturated heterocycles. The number of piperazine rings is 1. The van der Waals surface area contributed by atoms with E-state index in [1.54, 1.807) is 24.0 Å². The van der Waals surface area contributed by atoms with Gasteiger partial charge in [0.15, 0.2) is 5.69 Å². The molecule has 0 spiro atoms. The fraction of sp³-hybridized carbons (Fsp3) is 0.556. The number of aryl methyl sites for hydroxylation is 1. The SMILES string of the molecule is CC1CCN(C(=O)c2nn(C)cc2NC(=O)c2cccc(CN3CCN(C(=O)C4CC4)CC3)c2)CC1. The van der Waals surface area contributed by atoms with Gasteiger partial charge in [-0.25, -0.2) is 0 Å². The number of hydrogen-bond donors (Lipinski definition) is 1. The highest BCUT2D eigenvalue weighted by atomic mass is 16.2. The van der Waals surface area contributed by atoms with Gasteiger partial charge in [-0.05, 0) is 49.3 Å². The number of carbonyl (C=O) groups excluding carboxylic acids is 3. The molecule has 0 radical (unpaired) electrons. The van der Waals surface area contributed by atoms with E-state index >= 15 is 0 Å². The topological polar surface area (TPSA) is 90.8 Å². The highest BCUT2D eigenvalue weighted by Gasteiger charge is 2.34. The first-order chi connectivity index (χ1) is 17.4. The van der Waals surface area contributed by atoms with E-state index in [2.05, 4.69) is 22.2 Å². The first-order valence-electron chi connectivity index (χ1n) is 13.1. The Morgan fingerprint density at radius 3 is 2.39 bits per heavy atom. The number of likely N-dealkylation sites (tertiary alicyclic amines) is 1. The van der Waals surface area contributed by atoms with Gasteiger partial charge in [0.2, 0.25) is 5.91 Å². The van der Waals surface area contributed by atoms with Gasteiger partial charge < -0.3 is 15.1 Å². The summed E-state index contributed by atoms with van der Waals surface area (Å²) in [5.41, 5.74) is 2.32. The summed E-state index contributed by atoms with van der Waals surface area (Å²) in [6.45, 7) is 7.59. The number of benzene rings is 1. The molecule has 192 valence electrons. The lowest BCUT2D eigenvalue weighted by molar-refractivity contribution is -0.134. The molecule has 0 bridgehead atoms. The molecule has 2 aromatic rings. The maximum Gasteiger partial charge on any atom is 0.276 e. The quantitative estimate of drug-likeness (QED) is 0.670. The van der Waals surface area contributed by atoms with E-state index in [4.69, 9.17) is 0 Å². The van der Waals surface area contributed by atoms with Gasteiger partial charge in [-0.2, -0.15) is 5.10 Å². The van der Waals surface area contributed by atoms with E-state index in [1.165, 1.54) is 0 Å². The van der Waals surface area contributed by atoms with Crippen LogP contribution in [0.15, 0.2) is 30.5 Å². The van der Waals surface area contributed by atoms with Gasteiger partial charge in [0.05, 0.1) is 5.69 Å². The molecule has 1 aliphatic carbocycles. The van der Waals surface area contributed by atoms with E-state index in [0.29, 0.717) is 23.1 Å². The minimum Gasteiger partial charge on any atom is -0.340 e. The second-order valence-corrected chi connectivity index (χ2v) is 10.6. The lowest BCUT2D eigenvalue weighted by Gasteiger charge is -2.35. The molecule has 1 N–H and O–H groups in total. The molecular formula is C27H36N6O3. The Bertz CT molecular complexity index is 1120. The van der Waals surface area contributed by atoms with Crippen LogP contribution in [0.4, 0.5) is 5.69 Å². The summed E-state index contributed by atoms with van der Waals surface area (Å²) in [5, 5.41) is 7.27. The molecule has 0 atom stereocenters. The summed E-state index contributed by atoms with van der Waals surface area (Å²) in [5.74, 6) is 0.817. The normalized spacial score (nSPS) is 19.4. The van der Waals surface area contributed by atoms with Crippen LogP contribution in [0.25, 0.3) is 0 Å². The Morgan fingerprint density at radius 1 is 0.972 bits per heavy atom. The predicted octanol–water partition coefficient (Wildman–Crippen LogP) is 2.60.